The van der Waals surface area contributed by atoms with E-state index in [2.05, 4.69) is 31.8 Å². The van der Waals surface area contributed by atoms with Crippen molar-refractivity contribution < 1.29 is 14.4 Å². The van der Waals surface area contributed by atoms with Gasteiger partial charge in [-0.05, 0) is 40.2 Å². The molecule has 0 aliphatic carbocycles. The van der Waals surface area contributed by atoms with Crippen molar-refractivity contribution in [1.29, 1.82) is 0 Å². The number of aromatic nitrogens is 1. The molecule has 3 amide bonds. The van der Waals surface area contributed by atoms with Gasteiger partial charge in [0.25, 0.3) is 5.91 Å². The van der Waals surface area contributed by atoms with Gasteiger partial charge in [-0.2, -0.15) is 0 Å². The third-order valence-corrected chi connectivity index (χ3v) is 4.53. The number of hydrogen-bond acceptors (Lipinski definition) is 4. The lowest BCUT2D eigenvalue weighted by molar-refractivity contribution is -0.126. The Labute approximate surface area is 152 Å². The Morgan fingerprint density at radius 2 is 1.96 bits per heavy atom. The number of halogens is 1. The van der Waals surface area contributed by atoms with Crippen LogP contribution in [0.2, 0.25) is 0 Å². The maximum atomic E-state index is 12.3. The summed E-state index contributed by atoms with van der Waals surface area (Å²) in [6.45, 7) is 0.260. The van der Waals surface area contributed by atoms with Gasteiger partial charge < -0.3 is 4.90 Å². The van der Waals surface area contributed by atoms with E-state index in [-0.39, 0.29) is 18.9 Å². The molecule has 3 rings (SSSR count). The Kier molecular flexibility index (Phi) is 5.08. The molecule has 0 spiro atoms. The fourth-order valence-electron chi connectivity index (χ4n) is 2.58. The van der Waals surface area contributed by atoms with Gasteiger partial charge in [0.05, 0.1) is 17.2 Å². The van der Waals surface area contributed by atoms with Crippen molar-refractivity contribution in [3.05, 3.63) is 58.8 Å². The summed E-state index contributed by atoms with van der Waals surface area (Å²) >= 11 is 3.41. The molecule has 1 aromatic carbocycles. The SMILES string of the molecule is O=C(NNC(=O)C1CC(=O)N(c2ccccc2Br)C1)c1cccnc1. The van der Waals surface area contributed by atoms with E-state index in [0.717, 1.165) is 10.2 Å². The Balaban J connectivity index is 1.60. The monoisotopic (exact) mass is 402 g/mol. The van der Waals surface area contributed by atoms with Crippen LogP contribution in [0.15, 0.2) is 53.3 Å². The minimum absolute atomic E-state index is 0.0932. The smallest absolute Gasteiger partial charge is 0.271 e. The molecule has 1 fully saturated rings. The molecule has 2 N–H and O–H groups in total. The molecule has 0 bridgehead atoms. The molecule has 0 saturated carbocycles. The molecule has 1 unspecified atom stereocenters. The van der Waals surface area contributed by atoms with Gasteiger partial charge in [-0.3, -0.25) is 30.2 Å². The first kappa shape index (κ1) is 17.1. The number of para-hydroxylation sites is 1. The van der Waals surface area contributed by atoms with E-state index in [0.29, 0.717) is 5.56 Å². The van der Waals surface area contributed by atoms with Crippen molar-refractivity contribution in [3.63, 3.8) is 0 Å². The highest BCUT2D eigenvalue weighted by Gasteiger charge is 2.35. The van der Waals surface area contributed by atoms with E-state index in [9.17, 15) is 14.4 Å². The van der Waals surface area contributed by atoms with Crippen molar-refractivity contribution >= 4 is 39.3 Å². The van der Waals surface area contributed by atoms with E-state index >= 15 is 0 Å². The number of hydrazine groups is 1. The number of carbonyl (C=O) groups excluding carboxylic acids is 3. The number of rotatable bonds is 3. The molecule has 8 heteroatoms. The highest BCUT2D eigenvalue weighted by atomic mass is 79.9. The lowest BCUT2D eigenvalue weighted by Gasteiger charge is -2.18. The van der Waals surface area contributed by atoms with Crippen LogP contribution in [0.3, 0.4) is 0 Å². The average molecular weight is 403 g/mol. The van der Waals surface area contributed by atoms with Crippen LogP contribution in [0.5, 0.6) is 0 Å². The Morgan fingerprint density at radius 1 is 1.16 bits per heavy atom. The molecule has 1 aliphatic rings. The number of carbonyl (C=O) groups is 3. The minimum Gasteiger partial charge on any atom is -0.310 e. The zero-order valence-corrected chi connectivity index (χ0v) is 14.7. The number of nitrogens with zero attached hydrogens (tertiary/aromatic N) is 2. The van der Waals surface area contributed by atoms with Gasteiger partial charge in [0, 0.05) is 29.8 Å². The van der Waals surface area contributed by atoms with Crippen molar-refractivity contribution in [2.24, 2.45) is 5.92 Å². The summed E-state index contributed by atoms with van der Waals surface area (Å²) in [6, 6.07) is 10.5. The number of benzene rings is 1. The normalized spacial score (nSPS) is 16.6. The summed E-state index contributed by atoms with van der Waals surface area (Å²) in [5.74, 6) is -1.53. The van der Waals surface area contributed by atoms with Crippen molar-refractivity contribution in [2.45, 2.75) is 6.42 Å². The first-order valence-electron chi connectivity index (χ1n) is 7.61. The van der Waals surface area contributed by atoms with Crippen LogP contribution in [0.1, 0.15) is 16.8 Å². The summed E-state index contributed by atoms with van der Waals surface area (Å²) in [5, 5.41) is 0. The Hall–Kier alpha value is -2.74. The van der Waals surface area contributed by atoms with E-state index in [4.69, 9.17) is 0 Å². The van der Waals surface area contributed by atoms with Gasteiger partial charge in [0.2, 0.25) is 11.8 Å². The van der Waals surface area contributed by atoms with Gasteiger partial charge in [-0.1, -0.05) is 12.1 Å². The van der Waals surface area contributed by atoms with Gasteiger partial charge in [-0.15, -0.1) is 0 Å². The summed E-state index contributed by atoms with van der Waals surface area (Å²) in [7, 11) is 0. The van der Waals surface area contributed by atoms with Crippen molar-refractivity contribution in [1.82, 2.24) is 15.8 Å². The molecule has 1 saturated heterocycles. The Bertz CT molecular complexity index is 813. The highest BCUT2D eigenvalue weighted by molar-refractivity contribution is 9.10. The molecular weight excluding hydrogens is 388 g/mol. The molecule has 0 radical (unpaired) electrons. The van der Waals surface area contributed by atoms with E-state index < -0.39 is 17.7 Å². The van der Waals surface area contributed by atoms with Crippen LogP contribution < -0.4 is 15.8 Å². The number of nitrogens with one attached hydrogen (secondary N) is 2. The van der Waals surface area contributed by atoms with Crippen LogP contribution in [0.25, 0.3) is 0 Å². The average Bonchev–Trinajstić information content (AvgIpc) is 3.02. The van der Waals surface area contributed by atoms with Gasteiger partial charge in [0.15, 0.2) is 0 Å². The van der Waals surface area contributed by atoms with Gasteiger partial charge >= 0.3 is 0 Å². The zero-order valence-electron chi connectivity index (χ0n) is 13.1. The van der Waals surface area contributed by atoms with E-state index in [1.807, 2.05) is 24.3 Å². The molecule has 128 valence electrons. The standard InChI is InChI=1S/C17H15BrN4O3/c18-13-5-1-2-6-14(13)22-10-12(8-15(22)23)17(25)21-20-16(24)11-4-3-7-19-9-11/h1-7,9,12H,8,10H2,(H,20,24)(H,21,25). The number of amides is 3. The van der Waals surface area contributed by atoms with Crippen LogP contribution in [0.4, 0.5) is 5.69 Å². The fraction of sp³-hybridized carbons (Fsp3) is 0.176. The number of pyridine rings is 1. The molecular formula is C17H15BrN4O3. The Morgan fingerprint density at radius 3 is 2.68 bits per heavy atom. The summed E-state index contributed by atoms with van der Waals surface area (Å²) in [6.07, 6.45) is 3.04. The van der Waals surface area contributed by atoms with Crippen LogP contribution in [-0.2, 0) is 9.59 Å². The topological polar surface area (TPSA) is 91.4 Å². The number of hydrogen-bond donors (Lipinski definition) is 2. The highest BCUT2D eigenvalue weighted by Crippen LogP contribution is 2.31. The first-order valence-corrected chi connectivity index (χ1v) is 8.40. The predicted molar refractivity (Wildman–Crippen MR) is 94.4 cm³/mol. The molecule has 2 aromatic rings. The largest absolute Gasteiger partial charge is 0.310 e. The van der Waals surface area contributed by atoms with Crippen LogP contribution >= 0.6 is 15.9 Å². The maximum absolute atomic E-state index is 12.3. The van der Waals surface area contributed by atoms with E-state index in [1.165, 1.54) is 6.20 Å². The minimum atomic E-state index is -0.534. The fourth-order valence-corrected chi connectivity index (χ4v) is 3.08. The maximum Gasteiger partial charge on any atom is 0.271 e. The molecule has 2 heterocycles. The summed E-state index contributed by atoms with van der Waals surface area (Å²) in [5.41, 5.74) is 5.77. The second kappa shape index (κ2) is 7.43. The molecule has 1 aliphatic heterocycles. The first-order chi connectivity index (χ1) is 12.1. The van der Waals surface area contributed by atoms with Crippen LogP contribution in [0, 0.1) is 5.92 Å². The lowest BCUT2D eigenvalue weighted by Crippen LogP contribution is -2.45. The molecule has 7 nitrogen and oxygen atoms in total. The second-order valence-corrected chi connectivity index (χ2v) is 6.40. The van der Waals surface area contributed by atoms with E-state index in [1.54, 1.807) is 23.2 Å². The molecule has 1 aromatic heterocycles. The third-order valence-electron chi connectivity index (χ3n) is 3.86. The zero-order chi connectivity index (χ0) is 17.8. The molecule has 25 heavy (non-hydrogen) atoms. The quantitative estimate of drug-likeness (QED) is 0.763. The molecule has 1 atom stereocenters. The summed E-state index contributed by atoms with van der Waals surface area (Å²) in [4.78, 5) is 41.8. The van der Waals surface area contributed by atoms with Crippen molar-refractivity contribution in [2.75, 3.05) is 11.4 Å². The van der Waals surface area contributed by atoms with Gasteiger partial charge in [-0.25, -0.2) is 0 Å². The van der Waals surface area contributed by atoms with Crippen LogP contribution in [-0.4, -0.2) is 29.3 Å². The second-order valence-electron chi connectivity index (χ2n) is 5.54. The predicted octanol–water partition coefficient (Wildman–Crippen LogP) is 1.66. The van der Waals surface area contributed by atoms with Crippen molar-refractivity contribution in [3.8, 4) is 0 Å². The lowest BCUT2D eigenvalue weighted by atomic mass is 10.1. The third kappa shape index (κ3) is 3.85. The number of anilines is 1. The summed E-state index contributed by atoms with van der Waals surface area (Å²) < 4.78 is 0.786. The van der Waals surface area contributed by atoms with Gasteiger partial charge in [0.1, 0.15) is 0 Å².